The Morgan fingerprint density at radius 2 is 1.86 bits per heavy atom. The molecule has 0 N–H and O–H groups in total. The minimum Gasteiger partial charge on any atom is -0.258 e. The number of thiophene rings is 1. The summed E-state index contributed by atoms with van der Waals surface area (Å²) in [5.41, 5.74) is 2.48. The summed E-state index contributed by atoms with van der Waals surface area (Å²) < 4.78 is 1.28. The Bertz CT molecular complexity index is 782. The lowest BCUT2D eigenvalue weighted by Gasteiger charge is -2.09. The molecule has 0 amide bonds. The molecule has 1 heterocycles. The zero-order valence-electron chi connectivity index (χ0n) is 11.0. The summed E-state index contributed by atoms with van der Waals surface area (Å²) >= 11 is 5.48. The second kappa shape index (κ2) is 5.95. The van der Waals surface area contributed by atoms with Crippen LogP contribution in [0, 0.1) is 10.1 Å². The quantitative estimate of drug-likeness (QED) is 0.350. The highest BCUT2D eigenvalue weighted by molar-refractivity contribution is 9.09. The number of nitro benzene ring substituents is 1. The summed E-state index contributed by atoms with van der Waals surface area (Å²) in [5.74, 6) is 0. The molecule has 0 spiro atoms. The van der Waals surface area contributed by atoms with Gasteiger partial charge in [0.2, 0.25) is 0 Å². The van der Waals surface area contributed by atoms with Gasteiger partial charge in [-0.3, -0.25) is 10.1 Å². The molecule has 2 aromatic carbocycles. The Morgan fingerprint density at radius 3 is 2.57 bits per heavy atom. The minimum atomic E-state index is -0.373. The van der Waals surface area contributed by atoms with Crippen LogP contribution in [0.5, 0.6) is 0 Å². The van der Waals surface area contributed by atoms with E-state index in [4.69, 9.17) is 0 Å². The number of halogens is 1. The van der Waals surface area contributed by atoms with Gasteiger partial charge in [0.15, 0.2) is 0 Å². The topological polar surface area (TPSA) is 43.1 Å². The highest BCUT2D eigenvalue weighted by Gasteiger charge is 2.14. The molecule has 1 unspecified atom stereocenters. The Labute approximate surface area is 134 Å². The van der Waals surface area contributed by atoms with Crippen molar-refractivity contribution in [3.8, 4) is 0 Å². The van der Waals surface area contributed by atoms with Crippen molar-refractivity contribution in [3.63, 3.8) is 0 Å². The smallest absolute Gasteiger partial charge is 0.258 e. The first kappa shape index (κ1) is 14.2. The lowest BCUT2D eigenvalue weighted by Crippen LogP contribution is -1.95. The van der Waals surface area contributed by atoms with Crippen molar-refractivity contribution in [2.75, 3.05) is 0 Å². The van der Waals surface area contributed by atoms with E-state index in [1.165, 1.54) is 15.6 Å². The Kier molecular flexibility index (Phi) is 4.03. The molecule has 3 nitrogen and oxygen atoms in total. The summed E-state index contributed by atoms with van der Waals surface area (Å²) in [6.07, 6.45) is 0.804. The zero-order chi connectivity index (χ0) is 14.8. The van der Waals surface area contributed by atoms with Crippen molar-refractivity contribution < 1.29 is 4.92 Å². The van der Waals surface area contributed by atoms with Crippen LogP contribution >= 0.6 is 27.3 Å². The van der Waals surface area contributed by atoms with Crippen LogP contribution in [-0.2, 0) is 6.42 Å². The van der Waals surface area contributed by atoms with Gasteiger partial charge in [-0.25, -0.2) is 0 Å². The van der Waals surface area contributed by atoms with Crippen LogP contribution in [0.2, 0.25) is 0 Å². The molecule has 106 valence electrons. The number of non-ortho nitro benzene ring substituents is 1. The standard InChI is InChI=1S/C16H12BrNO2S/c17-15(9-11-5-7-12(8-6-11)18(19)20)14-10-21-16-4-2-1-3-13(14)16/h1-8,10,15H,9H2. The van der Waals surface area contributed by atoms with Gasteiger partial charge in [0.25, 0.3) is 5.69 Å². The van der Waals surface area contributed by atoms with Crippen LogP contribution < -0.4 is 0 Å². The predicted octanol–water partition coefficient (Wildman–Crippen LogP) is 5.49. The van der Waals surface area contributed by atoms with E-state index in [0.717, 1.165) is 12.0 Å². The summed E-state index contributed by atoms with van der Waals surface area (Å²) in [6, 6.07) is 15.1. The van der Waals surface area contributed by atoms with Crippen LogP contribution in [0.3, 0.4) is 0 Å². The van der Waals surface area contributed by atoms with Gasteiger partial charge in [-0.2, -0.15) is 0 Å². The Balaban J connectivity index is 1.82. The molecule has 1 atom stereocenters. The van der Waals surface area contributed by atoms with E-state index in [-0.39, 0.29) is 15.4 Å². The minimum absolute atomic E-state index is 0.130. The third-order valence-corrected chi connectivity index (χ3v) is 5.21. The van der Waals surface area contributed by atoms with Crippen molar-refractivity contribution >= 4 is 43.0 Å². The second-order valence-electron chi connectivity index (χ2n) is 4.78. The average Bonchev–Trinajstić information content (AvgIpc) is 2.92. The first-order valence-corrected chi connectivity index (χ1v) is 8.28. The molecular weight excluding hydrogens is 350 g/mol. The molecule has 3 rings (SSSR count). The predicted molar refractivity (Wildman–Crippen MR) is 90.3 cm³/mol. The summed E-state index contributed by atoms with van der Waals surface area (Å²) in [6.45, 7) is 0. The van der Waals surface area contributed by atoms with Crippen molar-refractivity contribution in [1.82, 2.24) is 0 Å². The molecular formula is C16H12BrNO2S. The second-order valence-corrected chi connectivity index (χ2v) is 6.80. The van der Waals surface area contributed by atoms with Crippen molar-refractivity contribution in [2.24, 2.45) is 0 Å². The van der Waals surface area contributed by atoms with Gasteiger partial charge in [0.05, 0.1) is 4.92 Å². The maximum absolute atomic E-state index is 10.7. The van der Waals surface area contributed by atoms with Gasteiger partial charge < -0.3 is 0 Å². The van der Waals surface area contributed by atoms with E-state index in [1.807, 2.05) is 24.3 Å². The van der Waals surface area contributed by atoms with Crippen LogP contribution in [-0.4, -0.2) is 4.92 Å². The third-order valence-electron chi connectivity index (χ3n) is 3.41. The number of hydrogen-bond donors (Lipinski definition) is 0. The number of rotatable bonds is 4. The zero-order valence-corrected chi connectivity index (χ0v) is 13.4. The molecule has 0 aliphatic carbocycles. The van der Waals surface area contributed by atoms with E-state index in [9.17, 15) is 10.1 Å². The molecule has 5 heteroatoms. The Hall–Kier alpha value is -1.72. The molecule has 0 radical (unpaired) electrons. The van der Waals surface area contributed by atoms with Gasteiger partial charge in [0.1, 0.15) is 0 Å². The number of benzene rings is 2. The lowest BCUT2D eigenvalue weighted by atomic mass is 10.0. The number of nitro groups is 1. The number of nitrogens with zero attached hydrogens (tertiary/aromatic N) is 1. The molecule has 0 bridgehead atoms. The van der Waals surface area contributed by atoms with Gasteiger partial charge >= 0.3 is 0 Å². The number of hydrogen-bond acceptors (Lipinski definition) is 3. The molecule has 0 saturated carbocycles. The van der Waals surface area contributed by atoms with Gasteiger partial charge in [0, 0.05) is 21.7 Å². The largest absolute Gasteiger partial charge is 0.269 e. The lowest BCUT2D eigenvalue weighted by molar-refractivity contribution is -0.384. The molecule has 1 aromatic heterocycles. The SMILES string of the molecule is O=[N+]([O-])c1ccc(CC(Br)c2csc3ccccc23)cc1. The maximum Gasteiger partial charge on any atom is 0.269 e. The first-order valence-electron chi connectivity index (χ1n) is 6.48. The van der Waals surface area contributed by atoms with Gasteiger partial charge in [-0.15, -0.1) is 11.3 Å². The molecule has 0 aliphatic heterocycles. The van der Waals surface area contributed by atoms with Crippen LogP contribution in [0.15, 0.2) is 53.9 Å². The van der Waals surface area contributed by atoms with Crippen LogP contribution in [0.25, 0.3) is 10.1 Å². The monoisotopic (exact) mass is 361 g/mol. The van der Waals surface area contributed by atoms with Crippen molar-refractivity contribution in [2.45, 2.75) is 11.2 Å². The van der Waals surface area contributed by atoms with E-state index in [2.05, 4.69) is 33.4 Å². The summed E-state index contributed by atoms with van der Waals surface area (Å²) in [5, 5.41) is 14.1. The Morgan fingerprint density at radius 1 is 1.14 bits per heavy atom. The fraction of sp³-hybridized carbons (Fsp3) is 0.125. The first-order chi connectivity index (χ1) is 10.1. The van der Waals surface area contributed by atoms with E-state index >= 15 is 0 Å². The molecule has 3 aromatic rings. The van der Waals surface area contributed by atoms with E-state index < -0.39 is 0 Å². The van der Waals surface area contributed by atoms with Gasteiger partial charge in [-0.1, -0.05) is 46.3 Å². The number of alkyl halides is 1. The fourth-order valence-electron chi connectivity index (χ4n) is 2.31. The van der Waals surface area contributed by atoms with Crippen molar-refractivity contribution in [3.05, 3.63) is 75.2 Å². The summed E-state index contributed by atoms with van der Waals surface area (Å²) in [7, 11) is 0. The fourth-order valence-corrected chi connectivity index (χ4v) is 4.25. The maximum atomic E-state index is 10.7. The highest BCUT2D eigenvalue weighted by Crippen LogP contribution is 2.36. The van der Waals surface area contributed by atoms with E-state index in [0.29, 0.717) is 0 Å². The normalized spacial score (nSPS) is 12.4. The molecule has 0 saturated heterocycles. The molecule has 0 fully saturated rings. The molecule has 21 heavy (non-hydrogen) atoms. The van der Waals surface area contributed by atoms with Crippen molar-refractivity contribution in [1.29, 1.82) is 0 Å². The molecule has 0 aliphatic rings. The van der Waals surface area contributed by atoms with Crippen LogP contribution in [0.1, 0.15) is 16.0 Å². The summed E-state index contributed by atoms with van der Waals surface area (Å²) in [4.78, 5) is 10.5. The van der Waals surface area contributed by atoms with E-state index in [1.54, 1.807) is 23.5 Å². The average molecular weight is 362 g/mol. The third kappa shape index (κ3) is 2.99. The van der Waals surface area contributed by atoms with Crippen LogP contribution in [0.4, 0.5) is 5.69 Å². The number of fused-ring (bicyclic) bond motifs is 1. The van der Waals surface area contributed by atoms with Gasteiger partial charge in [-0.05, 0) is 34.4 Å². The highest BCUT2D eigenvalue weighted by atomic mass is 79.9.